The van der Waals surface area contributed by atoms with Crippen LogP contribution in [0.4, 0.5) is 11.4 Å². The van der Waals surface area contributed by atoms with Crippen LogP contribution in [0.5, 0.6) is 0 Å². The van der Waals surface area contributed by atoms with Gasteiger partial charge < -0.3 is 16.0 Å². The van der Waals surface area contributed by atoms with Crippen LogP contribution in [-0.2, 0) is 14.4 Å². The number of rotatable bonds is 2. The van der Waals surface area contributed by atoms with Gasteiger partial charge in [-0.3, -0.25) is 14.4 Å². The predicted molar refractivity (Wildman–Crippen MR) is 77.3 cm³/mol. The first-order valence-electron chi connectivity index (χ1n) is 6.18. The zero-order chi connectivity index (χ0) is 15.3. The molecule has 1 aromatic rings. The van der Waals surface area contributed by atoms with E-state index in [0.29, 0.717) is 11.4 Å². The van der Waals surface area contributed by atoms with E-state index < -0.39 is 17.4 Å². The minimum Gasteiger partial charge on any atom is -0.343 e. The van der Waals surface area contributed by atoms with Gasteiger partial charge in [-0.25, -0.2) is 0 Å². The quantitative estimate of drug-likeness (QED) is 0.716. The van der Waals surface area contributed by atoms with E-state index in [1.165, 1.54) is 6.92 Å². The highest BCUT2D eigenvalue weighted by molar-refractivity contribution is 6.39. The molecule has 3 N–H and O–H groups in total. The molecule has 0 spiro atoms. The first kappa shape index (κ1) is 15.7. The zero-order valence-electron chi connectivity index (χ0n) is 12.0. The number of carbonyl (C=O) groups is 3. The van der Waals surface area contributed by atoms with Crippen LogP contribution in [-0.4, -0.2) is 23.3 Å². The number of carbonyl (C=O) groups excluding carboxylic acids is 3. The van der Waals surface area contributed by atoms with E-state index in [0.717, 1.165) is 0 Å². The summed E-state index contributed by atoms with van der Waals surface area (Å²) in [4.78, 5) is 34.1. The number of benzene rings is 1. The van der Waals surface area contributed by atoms with Gasteiger partial charge in [0, 0.05) is 23.8 Å². The summed E-state index contributed by atoms with van der Waals surface area (Å²) in [6, 6.07) is 6.48. The normalized spacial score (nSPS) is 10.6. The van der Waals surface area contributed by atoms with E-state index in [2.05, 4.69) is 16.0 Å². The topological polar surface area (TPSA) is 87.3 Å². The van der Waals surface area contributed by atoms with Crippen molar-refractivity contribution >= 4 is 29.1 Å². The molecule has 0 aromatic heterocycles. The SMILES string of the molecule is CC(=O)Nc1ccc(NC(=O)C(=O)NC(C)(C)C)cc1. The molecule has 6 heteroatoms. The first-order valence-corrected chi connectivity index (χ1v) is 6.18. The Balaban J connectivity index is 2.62. The van der Waals surface area contributed by atoms with Crippen LogP contribution in [0.2, 0.25) is 0 Å². The van der Waals surface area contributed by atoms with Crippen LogP contribution in [0.3, 0.4) is 0 Å². The van der Waals surface area contributed by atoms with Crippen molar-refractivity contribution in [3.05, 3.63) is 24.3 Å². The molecule has 0 aliphatic heterocycles. The summed E-state index contributed by atoms with van der Waals surface area (Å²) in [5.74, 6) is -1.60. The van der Waals surface area contributed by atoms with Crippen LogP contribution < -0.4 is 16.0 Å². The molecular formula is C14H19N3O3. The van der Waals surface area contributed by atoms with Gasteiger partial charge >= 0.3 is 11.8 Å². The minimum absolute atomic E-state index is 0.175. The second-order valence-electron chi connectivity index (χ2n) is 5.42. The first-order chi connectivity index (χ1) is 9.17. The molecule has 0 fully saturated rings. The summed E-state index contributed by atoms with van der Waals surface area (Å²) in [6.07, 6.45) is 0. The Morgan fingerprint density at radius 2 is 1.30 bits per heavy atom. The maximum atomic E-state index is 11.7. The highest BCUT2D eigenvalue weighted by Crippen LogP contribution is 2.13. The van der Waals surface area contributed by atoms with Crippen molar-refractivity contribution in [3.63, 3.8) is 0 Å². The van der Waals surface area contributed by atoms with Crippen LogP contribution >= 0.6 is 0 Å². The van der Waals surface area contributed by atoms with E-state index in [1.54, 1.807) is 45.0 Å². The summed E-state index contributed by atoms with van der Waals surface area (Å²) in [5, 5.41) is 7.66. The van der Waals surface area contributed by atoms with Crippen molar-refractivity contribution in [2.45, 2.75) is 33.2 Å². The van der Waals surface area contributed by atoms with Gasteiger partial charge in [0.15, 0.2) is 0 Å². The summed E-state index contributed by atoms with van der Waals surface area (Å²) >= 11 is 0. The van der Waals surface area contributed by atoms with Crippen LogP contribution in [0, 0.1) is 0 Å². The maximum Gasteiger partial charge on any atom is 0.313 e. The smallest absolute Gasteiger partial charge is 0.313 e. The highest BCUT2D eigenvalue weighted by Gasteiger charge is 2.20. The molecule has 0 saturated carbocycles. The van der Waals surface area contributed by atoms with Crippen molar-refractivity contribution in [1.82, 2.24) is 5.32 Å². The third-order valence-electron chi connectivity index (χ3n) is 2.16. The molecule has 20 heavy (non-hydrogen) atoms. The molecule has 0 radical (unpaired) electrons. The molecule has 1 rings (SSSR count). The van der Waals surface area contributed by atoms with Gasteiger partial charge in [0.05, 0.1) is 0 Å². The Hall–Kier alpha value is -2.37. The summed E-state index contributed by atoms with van der Waals surface area (Å²) < 4.78 is 0. The lowest BCUT2D eigenvalue weighted by Gasteiger charge is -2.19. The molecule has 0 saturated heterocycles. The molecule has 6 nitrogen and oxygen atoms in total. The number of nitrogens with one attached hydrogen (secondary N) is 3. The second kappa shape index (κ2) is 6.18. The van der Waals surface area contributed by atoms with Crippen molar-refractivity contribution in [2.24, 2.45) is 0 Å². The van der Waals surface area contributed by atoms with E-state index in [9.17, 15) is 14.4 Å². The number of anilines is 2. The Kier molecular flexibility index (Phi) is 4.85. The zero-order valence-corrected chi connectivity index (χ0v) is 12.0. The Morgan fingerprint density at radius 1 is 0.850 bits per heavy atom. The van der Waals surface area contributed by atoms with Crippen molar-refractivity contribution < 1.29 is 14.4 Å². The van der Waals surface area contributed by atoms with E-state index in [-0.39, 0.29) is 5.91 Å². The lowest BCUT2D eigenvalue weighted by Crippen LogP contribution is -2.46. The van der Waals surface area contributed by atoms with Crippen molar-refractivity contribution in [2.75, 3.05) is 10.6 Å². The molecule has 3 amide bonds. The summed E-state index contributed by atoms with van der Waals surface area (Å²) in [7, 11) is 0. The average molecular weight is 277 g/mol. The van der Waals surface area contributed by atoms with Gasteiger partial charge in [-0.15, -0.1) is 0 Å². The number of amides is 3. The van der Waals surface area contributed by atoms with Gasteiger partial charge in [0.25, 0.3) is 0 Å². The molecule has 0 aliphatic carbocycles. The van der Waals surface area contributed by atoms with Gasteiger partial charge in [0.2, 0.25) is 5.91 Å². The minimum atomic E-state index is -0.729. The largest absolute Gasteiger partial charge is 0.343 e. The molecule has 108 valence electrons. The van der Waals surface area contributed by atoms with Crippen LogP contribution in [0.1, 0.15) is 27.7 Å². The van der Waals surface area contributed by atoms with Gasteiger partial charge in [-0.1, -0.05) is 0 Å². The second-order valence-corrected chi connectivity index (χ2v) is 5.42. The fourth-order valence-electron chi connectivity index (χ4n) is 1.43. The monoisotopic (exact) mass is 277 g/mol. The van der Waals surface area contributed by atoms with Crippen LogP contribution in [0.25, 0.3) is 0 Å². The van der Waals surface area contributed by atoms with Gasteiger partial charge in [-0.2, -0.15) is 0 Å². The molecule has 0 atom stereocenters. The fraction of sp³-hybridized carbons (Fsp3) is 0.357. The third-order valence-corrected chi connectivity index (χ3v) is 2.16. The molecular weight excluding hydrogens is 258 g/mol. The van der Waals surface area contributed by atoms with E-state index in [1.807, 2.05) is 0 Å². The Morgan fingerprint density at radius 3 is 1.70 bits per heavy atom. The molecule has 0 heterocycles. The Bertz CT molecular complexity index is 515. The van der Waals surface area contributed by atoms with E-state index in [4.69, 9.17) is 0 Å². The molecule has 1 aromatic carbocycles. The standard InChI is InChI=1S/C14H19N3O3/c1-9(18)15-10-5-7-11(8-6-10)16-12(19)13(20)17-14(2,3)4/h5-8H,1-4H3,(H,15,18)(H,16,19)(H,17,20). The fourth-order valence-corrected chi connectivity index (χ4v) is 1.43. The molecule has 0 bridgehead atoms. The van der Waals surface area contributed by atoms with Gasteiger partial charge in [0.1, 0.15) is 0 Å². The molecule has 0 aliphatic rings. The predicted octanol–water partition coefficient (Wildman–Crippen LogP) is 1.50. The summed E-state index contributed by atoms with van der Waals surface area (Å²) in [5.41, 5.74) is 0.631. The lowest BCUT2D eigenvalue weighted by atomic mass is 10.1. The lowest BCUT2D eigenvalue weighted by molar-refractivity contribution is -0.137. The number of hydrogen-bond acceptors (Lipinski definition) is 3. The van der Waals surface area contributed by atoms with E-state index >= 15 is 0 Å². The molecule has 0 unspecified atom stereocenters. The number of hydrogen-bond donors (Lipinski definition) is 3. The van der Waals surface area contributed by atoms with Crippen LogP contribution in [0.15, 0.2) is 24.3 Å². The van der Waals surface area contributed by atoms with Gasteiger partial charge in [-0.05, 0) is 45.0 Å². The maximum absolute atomic E-state index is 11.7. The van der Waals surface area contributed by atoms with Crippen molar-refractivity contribution in [1.29, 1.82) is 0 Å². The Labute approximate surface area is 117 Å². The highest BCUT2D eigenvalue weighted by atomic mass is 16.2. The van der Waals surface area contributed by atoms with Crippen molar-refractivity contribution in [3.8, 4) is 0 Å². The summed E-state index contributed by atoms with van der Waals surface area (Å²) in [6.45, 7) is 6.79. The third kappa shape index (κ3) is 5.51. The average Bonchev–Trinajstić information content (AvgIpc) is 2.28.